The smallest absolute Gasteiger partial charge is 0.158 e. The van der Waals surface area contributed by atoms with Crippen molar-refractivity contribution in [2.45, 2.75) is 25.4 Å². The molecule has 1 aliphatic heterocycles. The molecule has 4 heteroatoms. The van der Waals surface area contributed by atoms with Crippen molar-refractivity contribution < 1.29 is 4.74 Å². The molecule has 0 saturated carbocycles. The second kappa shape index (κ2) is 7.07. The van der Waals surface area contributed by atoms with Crippen LogP contribution in [0.4, 0.5) is 5.82 Å². The highest BCUT2D eigenvalue weighted by molar-refractivity contribution is 5.48. The highest BCUT2D eigenvalue weighted by Gasteiger charge is 2.21. The Morgan fingerprint density at radius 3 is 2.59 bits per heavy atom. The van der Waals surface area contributed by atoms with Crippen LogP contribution in [0.25, 0.3) is 0 Å². The highest BCUT2D eigenvalue weighted by atomic mass is 16.5. The second-order valence-electron chi connectivity index (χ2n) is 5.45. The Hall–Kier alpha value is -2.36. The van der Waals surface area contributed by atoms with Gasteiger partial charge in [-0.2, -0.15) is 5.10 Å². The first-order valence-electron chi connectivity index (χ1n) is 7.79. The zero-order valence-corrected chi connectivity index (χ0v) is 12.7. The fraction of sp³-hybridized carbons (Fsp3) is 0.333. The normalized spacial score (nSPS) is 16.1. The van der Waals surface area contributed by atoms with Crippen LogP contribution in [0.1, 0.15) is 30.9 Å². The Labute approximate surface area is 131 Å². The number of rotatable bonds is 5. The zero-order valence-electron chi connectivity index (χ0n) is 12.7. The van der Waals surface area contributed by atoms with Gasteiger partial charge in [-0.15, -0.1) is 5.10 Å². The number of benzene rings is 1. The predicted octanol–water partition coefficient (Wildman–Crippen LogP) is 3.77. The van der Waals surface area contributed by atoms with Gasteiger partial charge in [0.2, 0.25) is 0 Å². The van der Waals surface area contributed by atoms with Crippen LogP contribution in [0, 0.1) is 0 Å². The molecule has 1 fully saturated rings. The van der Waals surface area contributed by atoms with Gasteiger partial charge in [-0.3, -0.25) is 0 Å². The number of hydrogen-bond acceptors (Lipinski definition) is 4. The maximum absolute atomic E-state index is 6.07. The van der Waals surface area contributed by atoms with Crippen LogP contribution in [0.3, 0.4) is 0 Å². The van der Waals surface area contributed by atoms with E-state index in [2.05, 4.69) is 21.7 Å². The molecule has 2 aromatic rings. The van der Waals surface area contributed by atoms with Crippen molar-refractivity contribution in [3.05, 3.63) is 60.8 Å². The molecule has 1 saturated heterocycles. The molecule has 1 atom stereocenters. The summed E-state index contributed by atoms with van der Waals surface area (Å²) in [5, 5.41) is 8.42. The van der Waals surface area contributed by atoms with Crippen molar-refractivity contribution in [1.82, 2.24) is 10.2 Å². The van der Waals surface area contributed by atoms with Gasteiger partial charge in [-0.1, -0.05) is 24.8 Å². The molecule has 2 heterocycles. The average molecular weight is 295 g/mol. The van der Waals surface area contributed by atoms with Crippen LogP contribution in [0.15, 0.2) is 55.3 Å². The summed E-state index contributed by atoms with van der Waals surface area (Å²) in [4.78, 5) is 2.30. The Morgan fingerprint density at radius 1 is 1.09 bits per heavy atom. The van der Waals surface area contributed by atoms with Gasteiger partial charge < -0.3 is 9.64 Å². The third-order valence-corrected chi connectivity index (χ3v) is 3.91. The van der Waals surface area contributed by atoms with E-state index in [4.69, 9.17) is 4.74 Å². The largest absolute Gasteiger partial charge is 0.481 e. The molecular weight excluding hydrogens is 274 g/mol. The van der Waals surface area contributed by atoms with Crippen molar-refractivity contribution in [2.75, 3.05) is 18.0 Å². The quantitative estimate of drug-likeness (QED) is 0.787. The number of ether oxygens (including phenoxy) is 1. The lowest BCUT2D eigenvalue weighted by Crippen LogP contribution is -2.31. The maximum atomic E-state index is 6.07. The second-order valence-corrected chi connectivity index (χ2v) is 5.45. The molecule has 0 aliphatic carbocycles. The molecule has 0 spiro atoms. The van der Waals surface area contributed by atoms with Crippen LogP contribution < -0.4 is 9.64 Å². The number of piperidine rings is 1. The molecule has 4 nitrogen and oxygen atoms in total. The molecule has 22 heavy (non-hydrogen) atoms. The Bertz CT molecular complexity index is 609. The lowest BCUT2D eigenvalue weighted by atomic mass is 10.1. The SMILES string of the molecule is C=CC(Oc1ccccc1)c1ccnnc1N1CCCCC1. The molecular formula is C18H21N3O. The molecule has 1 unspecified atom stereocenters. The topological polar surface area (TPSA) is 38.3 Å². The van der Waals surface area contributed by atoms with Crippen molar-refractivity contribution in [2.24, 2.45) is 0 Å². The van der Waals surface area contributed by atoms with E-state index < -0.39 is 0 Å². The predicted molar refractivity (Wildman–Crippen MR) is 88.1 cm³/mol. The first-order valence-corrected chi connectivity index (χ1v) is 7.79. The van der Waals surface area contributed by atoms with Crippen LogP contribution in [0.5, 0.6) is 5.75 Å². The lowest BCUT2D eigenvalue weighted by molar-refractivity contribution is 0.255. The molecule has 1 aromatic heterocycles. The summed E-state index contributed by atoms with van der Waals surface area (Å²) < 4.78 is 6.07. The minimum absolute atomic E-state index is 0.227. The van der Waals surface area contributed by atoms with E-state index in [1.807, 2.05) is 42.5 Å². The number of para-hydroxylation sites is 1. The summed E-state index contributed by atoms with van der Waals surface area (Å²) in [5.74, 6) is 1.75. The standard InChI is InChI=1S/C18H21N3O/c1-2-17(22-15-9-5-3-6-10-15)16-11-12-19-20-18(16)21-13-7-4-8-14-21/h2-3,5-6,9-12,17H,1,4,7-8,13-14H2. The number of nitrogens with zero attached hydrogens (tertiary/aromatic N) is 3. The lowest BCUT2D eigenvalue weighted by Gasteiger charge is -2.30. The molecule has 0 amide bonds. The summed E-state index contributed by atoms with van der Waals surface area (Å²) in [5.41, 5.74) is 1.02. The van der Waals surface area contributed by atoms with E-state index in [1.54, 1.807) is 6.20 Å². The van der Waals surface area contributed by atoms with Gasteiger partial charge in [-0.05, 0) is 43.5 Å². The van der Waals surface area contributed by atoms with E-state index in [-0.39, 0.29) is 6.10 Å². The third kappa shape index (κ3) is 3.27. The summed E-state index contributed by atoms with van der Waals surface area (Å²) >= 11 is 0. The number of anilines is 1. The van der Waals surface area contributed by atoms with E-state index in [0.29, 0.717) is 0 Å². The molecule has 114 valence electrons. The van der Waals surface area contributed by atoms with Gasteiger partial charge in [0.15, 0.2) is 5.82 Å². The third-order valence-electron chi connectivity index (χ3n) is 3.91. The maximum Gasteiger partial charge on any atom is 0.158 e. The molecule has 0 radical (unpaired) electrons. The van der Waals surface area contributed by atoms with Crippen LogP contribution >= 0.6 is 0 Å². The summed E-state index contributed by atoms with van der Waals surface area (Å²) in [6, 6.07) is 11.8. The number of aromatic nitrogens is 2. The Morgan fingerprint density at radius 2 is 1.86 bits per heavy atom. The average Bonchev–Trinajstić information content (AvgIpc) is 2.61. The van der Waals surface area contributed by atoms with Gasteiger partial charge in [-0.25, -0.2) is 0 Å². The van der Waals surface area contributed by atoms with Crippen LogP contribution in [-0.4, -0.2) is 23.3 Å². The van der Waals surface area contributed by atoms with Gasteiger partial charge in [0.25, 0.3) is 0 Å². The molecule has 0 bridgehead atoms. The number of hydrogen-bond donors (Lipinski definition) is 0. The fourth-order valence-electron chi connectivity index (χ4n) is 2.79. The van der Waals surface area contributed by atoms with Crippen LogP contribution in [0.2, 0.25) is 0 Å². The first kappa shape index (κ1) is 14.6. The van der Waals surface area contributed by atoms with Gasteiger partial charge in [0, 0.05) is 18.7 Å². The van der Waals surface area contributed by atoms with Crippen LogP contribution in [-0.2, 0) is 0 Å². The Kier molecular flexibility index (Phi) is 4.68. The zero-order chi connectivity index (χ0) is 15.2. The summed E-state index contributed by atoms with van der Waals surface area (Å²) in [6.07, 6.45) is 7.00. The molecule has 1 aliphatic rings. The Balaban J connectivity index is 1.86. The van der Waals surface area contributed by atoms with Gasteiger partial charge in [0.05, 0.1) is 6.20 Å². The van der Waals surface area contributed by atoms with E-state index in [1.165, 1.54) is 19.3 Å². The minimum atomic E-state index is -0.227. The van der Waals surface area contributed by atoms with Crippen molar-refractivity contribution in [3.63, 3.8) is 0 Å². The summed E-state index contributed by atoms with van der Waals surface area (Å²) in [6.45, 7) is 5.99. The highest BCUT2D eigenvalue weighted by Crippen LogP contribution is 2.30. The van der Waals surface area contributed by atoms with Crippen molar-refractivity contribution >= 4 is 5.82 Å². The molecule has 0 N–H and O–H groups in total. The fourth-order valence-corrected chi connectivity index (χ4v) is 2.79. The monoisotopic (exact) mass is 295 g/mol. The summed E-state index contributed by atoms with van der Waals surface area (Å²) in [7, 11) is 0. The first-order chi connectivity index (χ1) is 10.9. The van der Waals surface area contributed by atoms with E-state index in [9.17, 15) is 0 Å². The van der Waals surface area contributed by atoms with E-state index in [0.717, 1.165) is 30.2 Å². The van der Waals surface area contributed by atoms with E-state index >= 15 is 0 Å². The minimum Gasteiger partial charge on any atom is -0.481 e. The molecule has 1 aromatic carbocycles. The molecule has 3 rings (SSSR count). The van der Waals surface area contributed by atoms with Gasteiger partial charge in [0.1, 0.15) is 11.9 Å². The van der Waals surface area contributed by atoms with Crippen molar-refractivity contribution in [1.29, 1.82) is 0 Å². The van der Waals surface area contributed by atoms with Gasteiger partial charge >= 0.3 is 0 Å². The van der Waals surface area contributed by atoms with Crippen molar-refractivity contribution in [3.8, 4) is 5.75 Å².